The van der Waals surface area contributed by atoms with Crippen LogP contribution in [0.25, 0.3) is 0 Å². The molecule has 1 fully saturated rings. The van der Waals surface area contributed by atoms with Crippen LogP contribution in [0.4, 0.5) is 0 Å². The molecule has 1 heterocycles. The molecule has 0 aromatic rings. The van der Waals surface area contributed by atoms with Gasteiger partial charge in [0.1, 0.15) is 6.54 Å². The van der Waals surface area contributed by atoms with Crippen molar-refractivity contribution in [1.29, 1.82) is 0 Å². The van der Waals surface area contributed by atoms with Crippen LogP contribution in [0, 0.1) is 5.92 Å². The van der Waals surface area contributed by atoms with Gasteiger partial charge in [-0.2, -0.15) is 0 Å². The Bertz CT molecular complexity index is 399. The number of carbonyl (C=O) groups is 1. The van der Waals surface area contributed by atoms with E-state index in [2.05, 4.69) is 22.2 Å². The number of aliphatic imine (C=N–C) groups is 1. The predicted octanol–water partition coefficient (Wildman–Crippen LogP) is 1.25. The molecule has 7 nitrogen and oxygen atoms in total. The zero-order valence-corrected chi connectivity index (χ0v) is 17.8. The molecule has 0 spiro atoms. The molecule has 146 valence electrons. The summed E-state index contributed by atoms with van der Waals surface area (Å²) < 4.78 is 11.1. The van der Waals surface area contributed by atoms with Crippen molar-refractivity contribution in [3.05, 3.63) is 12.7 Å². The van der Waals surface area contributed by atoms with Crippen LogP contribution in [-0.4, -0.2) is 76.9 Å². The Morgan fingerprint density at radius 3 is 2.72 bits per heavy atom. The molecule has 0 saturated carbocycles. The highest BCUT2D eigenvalue weighted by Gasteiger charge is 2.13. The Kier molecular flexibility index (Phi) is 14.9. The molecule has 1 aliphatic heterocycles. The summed E-state index contributed by atoms with van der Waals surface area (Å²) in [5, 5.41) is 6.31. The van der Waals surface area contributed by atoms with Crippen molar-refractivity contribution >= 4 is 35.8 Å². The molecule has 2 N–H and O–H groups in total. The van der Waals surface area contributed by atoms with E-state index in [1.54, 1.807) is 20.2 Å². The van der Waals surface area contributed by atoms with Gasteiger partial charge < -0.3 is 25.0 Å². The molecular weight excluding hydrogens is 435 g/mol. The monoisotopic (exact) mass is 468 g/mol. The molecule has 0 aromatic carbocycles. The van der Waals surface area contributed by atoms with Gasteiger partial charge in [-0.05, 0) is 25.2 Å². The smallest absolute Gasteiger partial charge is 0.243 e. The van der Waals surface area contributed by atoms with Gasteiger partial charge in [0.25, 0.3) is 0 Å². The number of guanidine groups is 1. The Morgan fingerprint density at radius 1 is 1.36 bits per heavy atom. The van der Waals surface area contributed by atoms with E-state index >= 15 is 0 Å². The fraction of sp³-hybridized carbons (Fsp3) is 0.765. The Labute approximate surface area is 168 Å². The topological polar surface area (TPSA) is 75.2 Å². The molecule has 0 radical (unpaired) electrons. The molecule has 0 aliphatic carbocycles. The second-order valence-corrected chi connectivity index (χ2v) is 6.03. The number of likely N-dealkylation sites (N-methyl/N-ethyl adjacent to an activating group) is 1. The maximum Gasteiger partial charge on any atom is 0.243 e. The molecule has 1 amide bonds. The first-order valence-electron chi connectivity index (χ1n) is 8.62. The number of amides is 1. The molecule has 0 atom stereocenters. The summed E-state index contributed by atoms with van der Waals surface area (Å²) in [6.07, 6.45) is 4.84. The lowest BCUT2D eigenvalue weighted by Gasteiger charge is -2.21. The van der Waals surface area contributed by atoms with Crippen LogP contribution in [-0.2, 0) is 14.3 Å². The standard InChI is InChI=1S/C17H32N4O3.HI/c1-4-8-18-17(20-13-16(22)21(2)3)19-9-5-10-24-14-15-6-11-23-12-7-15;/h4,15H,1,5-14H2,2-3H3,(H2,18,19,20);1H. The number of nitrogens with one attached hydrogen (secondary N) is 2. The zero-order chi connectivity index (χ0) is 17.6. The van der Waals surface area contributed by atoms with Crippen LogP contribution in [0.15, 0.2) is 17.6 Å². The average molecular weight is 468 g/mol. The van der Waals surface area contributed by atoms with Gasteiger partial charge in [0, 0.05) is 53.6 Å². The molecule has 0 unspecified atom stereocenters. The van der Waals surface area contributed by atoms with Crippen molar-refractivity contribution in [3.63, 3.8) is 0 Å². The van der Waals surface area contributed by atoms with Crippen LogP contribution in [0.2, 0.25) is 0 Å². The van der Waals surface area contributed by atoms with Crippen LogP contribution in [0.1, 0.15) is 19.3 Å². The third kappa shape index (κ3) is 12.2. The van der Waals surface area contributed by atoms with Crippen molar-refractivity contribution in [2.75, 3.05) is 60.2 Å². The maximum atomic E-state index is 11.6. The minimum absolute atomic E-state index is 0. The third-order valence-corrected chi connectivity index (χ3v) is 3.74. The highest BCUT2D eigenvalue weighted by molar-refractivity contribution is 14.0. The number of hydrogen-bond donors (Lipinski definition) is 2. The number of hydrogen-bond acceptors (Lipinski definition) is 4. The van der Waals surface area contributed by atoms with Gasteiger partial charge in [0.15, 0.2) is 5.96 Å². The first-order valence-corrected chi connectivity index (χ1v) is 8.62. The van der Waals surface area contributed by atoms with Gasteiger partial charge >= 0.3 is 0 Å². The number of halogens is 1. The Hall–Kier alpha value is -0.870. The van der Waals surface area contributed by atoms with Crippen molar-refractivity contribution in [2.24, 2.45) is 10.9 Å². The normalized spacial score (nSPS) is 15.2. The fourth-order valence-corrected chi connectivity index (χ4v) is 2.18. The average Bonchev–Trinajstić information content (AvgIpc) is 2.60. The summed E-state index contributed by atoms with van der Waals surface area (Å²) in [6, 6.07) is 0. The second kappa shape index (κ2) is 15.4. The van der Waals surface area contributed by atoms with E-state index in [9.17, 15) is 4.79 Å². The Balaban J connectivity index is 0.00000576. The van der Waals surface area contributed by atoms with Crippen LogP contribution < -0.4 is 10.6 Å². The van der Waals surface area contributed by atoms with Crippen molar-refractivity contribution in [3.8, 4) is 0 Å². The number of carbonyl (C=O) groups excluding carboxylic acids is 1. The van der Waals surface area contributed by atoms with Crippen molar-refractivity contribution < 1.29 is 14.3 Å². The summed E-state index contributed by atoms with van der Waals surface area (Å²) >= 11 is 0. The van der Waals surface area contributed by atoms with Gasteiger partial charge in [-0.25, -0.2) is 4.99 Å². The lowest BCUT2D eigenvalue weighted by molar-refractivity contribution is -0.127. The van der Waals surface area contributed by atoms with Crippen LogP contribution >= 0.6 is 24.0 Å². The predicted molar refractivity (Wildman–Crippen MR) is 112 cm³/mol. The highest BCUT2D eigenvalue weighted by atomic mass is 127. The molecule has 25 heavy (non-hydrogen) atoms. The number of rotatable bonds is 10. The zero-order valence-electron chi connectivity index (χ0n) is 15.5. The van der Waals surface area contributed by atoms with E-state index in [-0.39, 0.29) is 36.4 Å². The van der Waals surface area contributed by atoms with Gasteiger partial charge in [0.05, 0.1) is 0 Å². The van der Waals surface area contributed by atoms with E-state index < -0.39 is 0 Å². The quantitative estimate of drug-likeness (QED) is 0.166. The summed E-state index contributed by atoms with van der Waals surface area (Å²) in [6.45, 7) is 8.39. The van der Waals surface area contributed by atoms with Gasteiger partial charge in [-0.15, -0.1) is 30.6 Å². The number of nitrogens with zero attached hydrogens (tertiary/aromatic N) is 2. The van der Waals surface area contributed by atoms with E-state index in [1.807, 2.05) is 0 Å². The summed E-state index contributed by atoms with van der Waals surface area (Å²) in [5.74, 6) is 1.22. The molecule has 1 rings (SSSR count). The van der Waals surface area contributed by atoms with E-state index in [4.69, 9.17) is 9.47 Å². The van der Waals surface area contributed by atoms with E-state index in [0.29, 0.717) is 18.4 Å². The summed E-state index contributed by atoms with van der Waals surface area (Å²) in [5.41, 5.74) is 0. The highest BCUT2D eigenvalue weighted by Crippen LogP contribution is 2.14. The van der Waals surface area contributed by atoms with Crippen molar-refractivity contribution in [1.82, 2.24) is 15.5 Å². The largest absolute Gasteiger partial charge is 0.381 e. The summed E-state index contributed by atoms with van der Waals surface area (Å²) in [4.78, 5) is 17.4. The third-order valence-electron chi connectivity index (χ3n) is 3.74. The molecule has 0 bridgehead atoms. The van der Waals surface area contributed by atoms with E-state index in [1.165, 1.54) is 4.90 Å². The first-order chi connectivity index (χ1) is 11.6. The molecule has 8 heteroatoms. The Morgan fingerprint density at radius 2 is 2.08 bits per heavy atom. The molecular formula is C17H33IN4O3. The van der Waals surface area contributed by atoms with Gasteiger partial charge in [0.2, 0.25) is 5.91 Å². The molecule has 0 aromatic heterocycles. The fourth-order valence-electron chi connectivity index (χ4n) is 2.18. The maximum absolute atomic E-state index is 11.6. The first kappa shape index (κ1) is 24.1. The minimum atomic E-state index is -0.0329. The second-order valence-electron chi connectivity index (χ2n) is 6.03. The summed E-state index contributed by atoms with van der Waals surface area (Å²) in [7, 11) is 3.44. The van der Waals surface area contributed by atoms with Gasteiger partial charge in [-0.1, -0.05) is 6.08 Å². The van der Waals surface area contributed by atoms with Crippen molar-refractivity contribution in [2.45, 2.75) is 19.3 Å². The molecule has 1 saturated heterocycles. The minimum Gasteiger partial charge on any atom is -0.381 e. The van der Waals surface area contributed by atoms with Crippen LogP contribution in [0.3, 0.4) is 0 Å². The molecule has 1 aliphatic rings. The number of ether oxygens (including phenoxy) is 2. The van der Waals surface area contributed by atoms with Crippen LogP contribution in [0.5, 0.6) is 0 Å². The van der Waals surface area contributed by atoms with E-state index in [0.717, 1.165) is 52.2 Å². The van der Waals surface area contributed by atoms with Gasteiger partial charge in [-0.3, -0.25) is 4.79 Å². The lowest BCUT2D eigenvalue weighted by Crippen LogP contribution is -2.39. The lowest BCUT2D eigenvalue weighted by atomic mass is 10.0. The SMILES string of the molecule is C=CCNC(=NCC(=O)N(C)C)NCCCOCC1CCOCC1.I.